The third-order valence-corrected chi connectivity index (χ3v) is 6.33. The predicted octanol–water partition coefficient (Wildman–Crippen LogP) is 1.68. The molecule has 8 nitrogen and oxygen atoms in total. The van der Waals surface area contributed by atoms with Gasteiger partial charge in [-0.15, -0.1) is 0 Å². The molecule has 0 aliphatic carbocycles. The number of anilines is 1. The highest BCUT2D eigenvalue weighted by Gasteiger charge is 2.36. The van der Waals surface area contributed by atoms with Crippen molar-refractivity contribution in [2.45, 2.75) is 19.4 Å². The number of aryl methyl sites for hydroxylation is 1. The molecule has 1 unspecified atom stereocenters. The Balaban J connectivity index is 1.38. The van der Waals surface area contributed by atoms with Crippen molar-refractivity contribution >= 4 is 23.4 Å². The number of benzene rings is 2. The van der Waals surface area contributed by atoms with E-state index >= 15 is 0 Å². The van der Waals surface area contributed by atoms with Gasteiger partial charge in [-0.25, -0.2) is 0 Å². The Morgan fingerprint density at radius 1 is 0.970 bits per heavy atom. The first-order valence-electron chi connectivity index (χ1n) is 11.3. The van der Waals surface area contributed by atoms with Crippen LogP contribution in [0.1, 0.15) is 22.3 Å². The highest BCUT2D eigenvalue weighted by molar-refractivity contribution is 5.99. The number of nitrogens with one attached hydrogen (secondary N) is 1. The van der Waals surface area contributed by atoms with Gasteiger partial charge in [0.05, 0.1) is 13.5 Å². The molecular weight excluding hydrogens is 420 g/mol. The van der Waals surface area contributed by atoms with Crippen molar-refractivity contribution in [3.05, 3.63) is 59.7 Å². The summed E-state index contributed by atoms with van der Waals surface area (Å²) in [6, 6.07) is 14.4. The molecule has 2 aliphatic heterocycles. The number of nitrogens with zero attached hydrogens (tertiary/aromatic N) is 3. The van der Waals surface area contributed by atoms with Gasteiger partial charge in [0, 0.05) is 50.5 Å². The van der Waals surface area contributed by atoms with Crippen molar-refractivity contribution < 1.29 is 19.1 Å². The van der Waals surface area contributed by atoms with Crippen LogP contribution in [0.5, 0.6) is 5.75 Å². The van der Waals surface area contributed by atoms with Gasteiger partial charge >= 0.3 is 0 Å². The summed E-state index contributed by atoms with van der Waals surface area (Å²) in [6.07, 6.45) is -0.00797. The van der Waals surface area contributed by atoms with Gasteiger partial charge in [0.1, 0.15) is 11.8 Å². The Morgan fingerprint density at radius 2 is 1.64 bits per heavy atom. The lowest BCUT2D eigenvalue weighted by Gasteiger charge is -2.39. The molecule has 2 heterocycles. The van der Waals surface area contributed by atoms with E-state index in [0.29, 0.717) is 44.8 Å². The van der Waals surface area contributed by atoms with Gasteiger partial charge in [-0.2, -0.15) is 0 Å². The molecule has 174 valence electrons. The molecule has 0 spiro atoms. The number of hydrogen-bond acceptors (Lipinski definition) is 5. The van der Waals surface area contributed by atoms with Gasteiger partial charge in [-0.05, 0) is 43.3 Å². The van der Waals surface area contributed by atoms with Gasteiger partial charge in [0.25, 0.3) is 5.91 Å². The Bertz CT molecular complexity index is 998. The average molecular weight is 451 g/mol. The molecule has 33 heavy (non-hydrogen) atoms. The lowest BCUT2D eigenvalue weighted by molar-refractivity contribution is -0.138. The summed E-state index contributed by atoms with van der Waals surface area (Å²) in [4.78, 5) is 44.3. The first-order valence-corrected chi connectivity index (χ1v) is 11.3. The summed E-state index contributed by atoms with van der Waals surface area (Å²) in [7, 11) is 1.64. The number of piperazine rings is 2. The molecule has 0 aromatic heterocycles. The third-order valence-electron chi connectivity index (χ3n) is 6.33. The van der Waals surface area contributed by atoms with Crippen LogP contribution >= 0.6 is 0 Å². The third kappa shape index (κ3) is 5.10. The molecule has 0 radical (unpaired) electrons. The van der Waals surface area contributed by atoms with E-state index in [1.165, 1.54) is 4.90 Å². The normalized spacial score (nSPS) is 18.7. The Kier molecular flexibility index (Phi) is 6.82. The van der Waals surface area contributed by atoms with Crippen LogP contribution in [0.15, 0.2) is 48.5 Å². The van der Waals surface area contributed by atoms with E-state index in [9.17, 15) is 14.4 Å². The van der Waals surface area contributed by atoms with Crippen LogP contribution in [-0.4, -0.2) is 79.9 Å². The molecule has 3 amide bonds. The summed E-state index contributed by atoms with van der Waals surface area (Å²) in [5, 5.41) is 2.80. The quantitative estimate of drug-likeness (QED) is 0.750. The zero-order valence-electron chi connectivity index (χ0n) is 19.1. The zero-order chi connectivity index (χ0) is 23.4. The maximum absolute atomic E-state index is 13.1. The van der Waals surface area contributed by atoms with Crippen molar-refractivity contribution in [1.29, 1.82) is 0 Å². The van der Waals surface area contributed by atoms with Gasteiger partial charge in [0.2, 0.25) is 11.8 Å². The molecule has 0 saturated carbocycles. The molecule has 0 bridgehead atoms. The number of ether oxygens (including phenoxy) is 1. The molecule has 2 aromatic rings. The largest absolute Gasteiger partial charge is 0.497 e. The van der Waals surface area contributed by atoms with Gasteiger partial charge in [-0.3, -0.25) is 14.4 Å². The molecule has 2 aromatic carbocycles. The molecule has 1 atom stereocenters. The van der Waals surface area contributed by atoms with Crippen LogP contribution in [0, 0.1) is 6.92 Å². The van der Waals surface area contributed by atoms with Crippen LogP contribution in [0.4, 0.5) is 5.69 Å². The number of amides is 3. The van der Waals surface area contributed by atoms with Gasteiger partial charge in [0.15, 0.2) is 0 Å². The van der Waals surface area contributed by atoms with Crippen molar-refractivity contribution in [2.24, 2.45) is 0 Å². The lowest BCUT2D eigenvalue weighted by Crippen LogP contribution is -2.59. The minimum Gasteiger partial charge on any atom is -0.497 e. The first kappa shape index (κ1) is 22.6. The van der Waals surface area contributed by atoms with E-state index in [1.807, 2.05) is 43.3 Å². The second-order valence-corrected chi connectivity index (χ2v) is 8.44. The van der Waals surface area contributed by atoms with Crippen LogP contribution in [0.3, 0.4) is 0 Å². The number of carbonyl (C=O) groups is 3. The van der Waals surface area contributed by atoms with Crippen molar-refractivity contribution in [1.82, 2.24) is 15.1 Å². The molecule has 2 aliphatic rings. The van der Waals surface area contributed by atoms with E-state index in [4.69, 9.17) is 4.74 Å². The van der Waals surface area contributed by atoms with Crippen LogP contribution in [-0.2, 0) is 9.59 Å². The van der Waals surface area contributed by atoms with E-state index in [-0.39, 0.29) is 24.1 Å². The van der Waals surface area contributed by atoms with E-state index in [0.717, 1.165) is 17.0 Å². The van der Waals surface area contributed by atoms with Crippen LogP contribution in [0.2, 0.25) is 0 Å². The summed E-state index contributed by atoms with van der Waals surface area (Å²) >= 11 is 0. The summed E-state index contributed by atoms with van der Waals surface area (Å²) in [5.74, 6) is 0.218. The number of carbonyl (C=O) groups excluding carboxylic acids is 3. The average Bonchev–Trinajstić information content (AvgIpc) is 2.85. The zero-order valence-corrected chi connectivity index (χ0v) is 19.1. The predicted molar refractivity (Wildman–Crippen MR) is 125 cm³/mol. The SMILES string of the molecule is COc1ccc(N2CCN(C(=O)CC3C(=O)NCCN3C(=O)c3ccc(C)cc3)CC2)cc1. The van der Waals surface area contributed by atoms with Crippen molar-refractivity contribution in [2.75, 3.05) is 51.3 Å². The number of rotatable bonds is 5. The highest BCUT2D eigenvalue weighted by Crippen LogP contribution is 2.21. The Morgan fingerprint density at radius 3 is 2.27 bits per heavy atom. The molecule has 2 fully saturated rings. The molecule has 4 rings (SSSR count). The fourth-order valence-electron chi connectivity index (χ4n) is 4.32. The summed E-state index contributed by atoms with van der Waals surface area (Å²) in [5.41, 5.74) is 2.67. The Labute approximate surface area is 194 Å². The summed E-state index contributed by atoms with van der Waals surface area (Å²) in [6.45, 7) is 5.31. The lowest BCUT2D eigenvalue weighted by atomic mass is 10.0. The van der Waals surface area contributed by atoms with E-state index < -0.39 is 6.04 Å². The summed E-state index contributed by atoms with van der Waals surface area (Å²) < 4.78 is 5.21. The second-order valence-electron chi connectivity index (χ2n) is 8.44. The molecular formula is C25H30N4O4. The highest BCUT2D eigenvalue weighted by atomic mass is 16.5. The minimum absolute atomic E-state index is 0.00797. The topological polar surface area (TPSA) is 82.2 Å². The standard InChI is InChI=1S/C25H30N4O4/c1-18-3-5-19(6-4-18)25(32)29-12-11-26-24(31)22(29)17-23(30)28-15-13-27(14-16-28)20-7-9-21(33-2)10-8-20/h3-10,22H,11-17H2,1-2H3,(H,26,31). The van der Waals surface area contributed by atoms with E-state index in [1.54, 1.807) is 24.1 Å². The minimum atomic E-state index is -0.792. The first-order chi connectivity index (χ1) is 16.0. The fourth-order valence-corrected chi connectivity index (χ4v) is 4.32. The Hall–Kier alpha value is -3.55. The monoisotopic (exact) mass is 450 g/mol. The van der Waals surface area contributed by atoms with Crippen molar-refractivity contribution in [3.63, 3.8) is 0 Å². The van der Waals surface area contributed by atoms with Gasteiger partial charge < -0.3 is 24.8 Å². The molecule has 8 heteroatoms. The van der Waals surface area contributed by atoms with E-state index in [2.05, 4.69) is 10.2 Å². The van der Waals surface area contributed by atoms with Crippen LogP contribution in [0.25, 0.3) is 0 Å². The smallest absolute Gasteiger partial charge is 0.254 e. The van der Waals surface area contributed by atoms with Crippen molar-refractivity contribution in [3.8, 4) is 5.75 Å². The van der Waals surface area contributed by atoms with Gasteiger partial charge in [-0.1, -0.05) is 17.7 Å². The number of methoxy groups -OCH3 is 1. The van der Waals surface area contributed by atoms with Crippen LogP contribution < -0.4 is 15.0 Å². The fraction of sp³-hybridized carbons (Fsp3) is 0.400. The molecule has 1 N–H and O–H groups in total. The maximum atomic E-state index is 13.1. The second kappa shape index (κ2) is 9.94. The number of hydrogen-bond donors (Lipinski definition) is 1. The molecule has 2 saturated heterocycles. The maximum Gasteiger partial charge on any atom is 0.254 e.